The first-order valence-electron chi connectivity index (χ1n) is 7.06. The minimum absolute atomic E-state index is 0.0685. The van der Waals surface area contributed by atoms with Crippen LogP contribution in [0.3, 0.4) is 0 Å². The Balaban J connectivity index is 3.14. The number of aromatic nitrogens is 1. The van der Waals surface area contributed by atoms with Crippen LogP contribution in [-0.2, 0) is 11.3 Å². The Hall–Kier alpha value is -0.450. The van der Waals surface area contributed by atoms with Crippen LogP contribution in [0, 0.1) is 5.41 Å². The number of thiazole rings is 1. The van der Waals surface area contributed by atoms with E-state index in [2.05, 4.69) is 39.9 Å². The van der Waals surface area contributed by atoms with Crippen molar-refractivity contribution in [3.63, 3.8) is 0 Å². The second-order valence-corrected chi connectivity index (χ2v) is 7.36. The number of ether oxygens (including phenoxy) is 1. The van der Waals surface area contributed by atoms with Crippen molar-refractivity contribution >= 4 is 11.3 Å². The molecule has 19 heavy (non-hydrogen) atoms. The number of nitrogens with zero attached hydrogens (tertiary/aromatic N) is 1. The Kier molecular flexibility index (Phi) is 5.96. The van der Waals surface area contributed by atoms with E-state index in [1.807, 2.05) is 14.0 Å². The highest BCUT2D eigenvalue weighted by atomic mass is 32.1. The second-order valence-electron chi connectivity index (χ2n) is 6.25. The van der Waals surface area contributed by atoms with Gasteiger partial charge < -0.3 is 10.1 Å². The van der Waals surface area contributed by atoms with Gasteiger partial charge in [-0.3, -0.25) is 0 Å². The van der Waals surface area contributed by atoms with Crippen LogP contribution in [0.25, 0.3) is 0 Å². The van der Waals surface area contributed by atoms with Gasteiger partial charge in [0.2, 0.25) is 0 Å². The van der Waals surface area contributed by atoms with Crippen molar-refractivity contribution in [2.75, 3.05) is 13.7 Å². The van der Waals surface area contributed by atoms with Crippen LogP contribution in [0.2, 0.25) is 0 Å². The van der Waals surface area contributed by atoms with Gasteiger partial charge >= 0.3 is 0 Å². The second kappa shape index (κ2) is 6.82. The summed E-state index contributed by atoms with van der Waals surface area (Å²) in [5, 5.41) is 4.35. The lowest BCUT2D eigenvalue weighted by Gasteiger charge is -2.28. The fourth-order valence-electron chi connectivity index (χ4n) is 2.09. The molecule has 110 valence electrons. The third-order valence-electron chi connectivity index (χ3n) is 2.97. The Morgan fingerprint density at radius 1 is 1.32 bits per heavy atom. The van der Waals surface area contributed by atoms with E-state index in [0.717, 1.165) is 18.2 Å². The topological polar surface area (TPSA) is 34.1 Å². The molecule has 0 aliphatic heterocycles. The number of hydrogen-bond acceptors (Lipinski definition) is 4. The van der Waals surface area contributed by atoms with Crippen molar-refractivity contribution < 1.29 is 4.74 Å². The first-order valence-corrected chi connectivity index (χ1v) is 7.88. The first kappa shape index (κ1) is 16.6. The highest BCUT2D eigenvalue weighted by Gasteiger charge is 2.30. The zero-order valence-electron chi connectivity index (χ0n) is 13.3. The summed E-state index contributed by atoms with van der Waals surface area (Å²) in [4.78, 5) is 6.20. The lowest BCUT2D eigenvalue weighted by Crippen LogP contribution is -2.21. The highest BCUT2D eigenvalue weighted by molar-refractivity contribution is 7.11. The summed E-state index contributed by atoms with van der Waals surface area (Å²) < 4.78 is 5.95. The summed E-state index contributed by atoms with van der Waals surface area (Å²) in [6, 6.07) is 0. The van der Waals surface area contributed by atoms with E-state index >= 15 is 0 Å². The molecule has 1 rings (SSSR count). The molecule has 1 heterocycles. The van der Waals surface area contributed by atoms with Gasteiger partial charge in [-0.25, -0.2) is 4.98 Å². The van der Waals surface area contributed by atoms with Crippen molar-refractivity contribution in [3.8, 4) is 0 Å². The molecule has 4 heteroatoms. The zero-order chi connectivity index (χ0) is 14.6. The molecule has 1 atom stereocenters. The van der Waals surface area contributed by atoms with Crippen LogP contribution in [0.1, 0.15) is 69.1 Å². The van der Waals surface area contributed by atoms with Crippen LogP contribution >= 0.6 is 11.3 Å². The molecule has 1 aromatic rings. The standard InChI is InChI=1S/C15H28N2OS/c1-8-18-13(15(4,5)6)14-17-12(10(2)3)11(19-14)9-16-7/h10,13,16H,8-9H2,1-7H3. The van der Waals surface area contributed by atoms with Crippen LogP contribution in [-0.4, -0.2) is 18.6 Å². The van der Waals surface area contributed by atoms with Crippen LogP contribution in [0.15, 0.2) is 0 Å². The molecule has 0 aliphatic carbocycles. The predicted molar refractivity (Wildman–Crippen MR) is 82.8 cm³/mol. The van der Waals surface area contributed by atoms with Gasteiger partial charge in [0.25, 0.3) is 0 Å². The Morgan fingerprint density at radius 2 is 1.95 bits per heavy atom. The van der Waals surface area contributed by atoms with Gasteiger partial charge in [0.15, 0.2) is 0 Å². The summed E-state index contributed by atoms with van der Waals surface area (Å²) in [6.07, 6.45) is 0.0746. The van der Waals surface area contributed by atoms with E-state index in [9.17, 15) is 0 Å². The van der Waals surface area contributed by atoms with Gasteiger partial charge in [-0.15, -0.1) is 11.3 Å². The largest absolute Gasteiger partial charge is 0.371 e. The Morgan fingerprint density at radius 3 is 2.37 bits per heavy atom. The molecule has 0 amide bonds. The quantitative estimate of drug-likeness (QED) is 0.853. The summed E-state index contributed by atoms with van der Waals surface area (Å²) in [7, 11) is 1.98. The maximum absolute atomic E-state index is 5.95. The van der Waals surface area contributed by atoms with Crippen LogP contribution in [0.4, 0.5) is 0 Å². The predicted octanol–water partition coefficient (Wildman–Crippen LogP) is 4.11. The fraction of sp³-hybridized carbons (Fsp3) is 0.800. The Labute approximate surface area is 121 Å². The fourth-order valence-corrected chi connectivity index (χ4v) is 3.62. The normalized spacial score (nSPS) is 14.1. The highest BCUT2D eigenvalue weighted by Crippen LogP contribution is 2.39. The van der Waals surface area contributed by atoms with E-state index in [1.165, 1.54) is 10.6 Å². The van der Waals surface area contributed by atoms with Crippen molar-refractivity contribution in [1.29, 1.82) is 0 Å². The number of hydrogen-bond donors (Lipinski definition) is 1. The molecular formula is C15H28N2OS. The third kappa shape index (κ3) is 4.26. The molecule has 0 fully saturated rings. The molecule has 0 radical (unpaired) electrons. The minimum Gasteiger partial charge on any atom is -0.371 e. The molecular weight excluding hydrogens is 256 g/mol. The monoisotopic (exact) mass is 284 g/mol. The van der Waals surface area contributed by atoms with Gasteiger partial charge in [0.1, 0.15) is 11.1 Å². The third-order valence-corrected chi connectivity index (χ3v) is 4.09. The zero-order valence-corrected chi connectivity index (χ0v) is 14.1. The number of rotatable bonds is 6. The summed E-state index contributed by atoms with van der Waals surface area (Å²) >= 11 is 1.79. The maximum Gasteiger partial charge on any atom is 0.123 e. The number of nitrogens with one attached hydrogen (secondary N) is 1. The average molecular weight is 284 g/mol. The van der Waals surface area contributed by atoms with Gasteiger partial charge in [-0.05, 0) is 25.3 Å². The van der Waals surface area contributed by atoms with E-state index in [1.54, 1.807) is 11.3 Å². The molecule has 0 aliphatic rings. The SMILES string of the molecule is CCOC(c1nc(C(C)C)c(CNC)s1)C(C)(C)C. The van der Waals surface area contributed by atoms with Gasteiger partial charge in [-0.2, -0.15) is 0 Å². The molecule has 3 nitrogen and oxygen atoms in total. The molecule has 0 saturated heterocycles. The van der Waals surface area contributed by atoms with Crippen molar-refractivity contribution in [2.24, 2.45) is 5.41 Å². The average Bonchev–Trinajstić information content (AvgIpc) is 2.68. The Bertz CT molecular complexity index is 393. The minimum atomic E-state index is 0.0685. The van der Waals surface area contributed by atoms with Crippen molar-refractivity contribution in [2.45, 2.75) is 60.1 Å². The van der Waals surface area contributed by atoms with Gasteiger partial charge in [0.05, 0.1) is 5.69 Å². The summed E-state index contributed by atoms with van der Waals surface area (Å²) in [6.45, 7) is 14.7. The molecule has 0 aromatic carbocycles. The maximum atomic E-state index is 5.95. The summed E-state index contributed by atoms with van der Waals surface area (Å²) in [5.41, 5.74) is 1.28. The van der Waals surface area contributed by atoms with Crippen LogP contribution in [0.5, 0.6) is 0 Å². The van der Waals surface area contributed by atoms with E-state index < -0.39 is 0 Å². The molecule has 1 aromatic heterocycles. The first-order chi connectivity index (χ1) is 8.81. The van der Waals surface area contributed by atoms with E-state index in [0.29, 0.717) is 5.92 Å². The van der Waals surface area contributed by atoms with E-state index in [-0.39, 0.29) is 11.5 Å². The summed E-state index contributed by atoms with van der Waals surface area (Å²) in [5.74, 6) is 0.454. The lowest BCUT2D eigenvalue weighted by molar-refractivity contribution is -0.0134. The molecule has 0 saturated carbocycles. The van der Waals surface area contributed by atoms with Crippen molar-refractivity contribution in [1.82, 2.24) is 10.3 Å². The molecule has 0 bridgehead atoms. The smallest absolute Gasteiger partial charge is 0.123 e. The van der Waals surface area contributed by atoms with Gasteiger partial charge in [-0.1, -0.05) is 34.6 Å². The lowest BCUT2D eigenvalue weighted by atomic mass is 9.89. The van der Waals surface area contributed by atoms with Crippen molar-refractivity contribution in [3.05, 3.63) is 15.6 Å². The molecule has 1 unspecified atom stereocenters. The molecule has 0 spiro atoms. The van der Waals surface area contributed by atoms with E-state index in [4.69, 9.17) is 9.72 Å². The molecule has 1 N–H and O–H groups in total. The van der Waals surface area contributed by atoms with Gasteiger partial charge in [0, 0.05) is 18.0 Å². The van der Waals surface area contributed by atoms with Crippen LogP contribution < -0.4 is 5.32 Å².